The van der Waals surface area contributed by atoms with Crippen molar-refractivity contribution in [2.75, 3.05) is 7.05 Å². The molecule has 94 valence electrons. The van der Waals surface area contributed by atoms with Crippen molar-refractivity contribution in [2.45, 2.75) is 31.1 Å². The number of likely N-dealkylation sites (N-methyl/N-ethyl adjacent to an activating group) is 1. The van der Waals surface area contributed by atoms with Crippen LogP contribution in [-0.2, 0) is 11.3 Å². The predicted octanol–water partition coefficient (Wildman–Crippen LogP) is 0.226. The van der Waals surface area contributed by atoms with Crippen molar-refractivity contribution in [3.63, 3.8) is 0 Å². The molecule has 0 atom stereocenters. The lowest BCUT2D eigenvalue weighted by Gasteiger charge is -2.29. The third-order valence-corrected chi connectivity index (χ3v) is 2.96. The minimum Gasteiger partial charge on any atom is -0.329 e. The van der Waals surface area contributed by atoms with E-state index < -0.39 is 17.6 Å². The van der Waals surface area contributed by atoms with E-state index in [2.05, 4.69) is 15.5 Å². The van der Waals surface area contributed by atoms with Gasteiger partial charge in [0.05, 0.1) is 0 Å². The Morgan fingerprint density at radius 3 is 2.59 bits per heavy atom. The number of carbonyl (C=O) groups excluding carboxylic acids is 1. The third kappa shape index (κ3) is 1.96. The molecule has 17 heavy (non-hydrogen) atoms. The van der Waals surface area contributed by atoms with Crippen molar-refractivity contribution in [1.29, 1.82) is 0 Å². The first-order valence-electron chi connectivity index (χ1n) is 4.91. The fourth-order valence-electron chi connectivity index (χ4n) is 1.66. The summed E-state index contributed by atoms with van der Waals surface area (Å²) >= 11 is 0. The van der Waals surface area contributed by atoms with Crippen LogP contribution in [0.25, 0.3) is 0 Å². The molecule has 0 spiro atoms. The molecule has 1 amide bonds. The maximum Gasteiger partial charge on any atom is 0.411 e. The number of tetrazole rings is 1. The lowest BCUT2D eigenvalue weighted by Crippen LogP contribution is -2.50. The lowest BCUT2D eigenvalue weighted by atomic mass is 10.2. The number of alkyl halides is 3. The number of aromatic nitrogens is 4. The lowest BCUT2D eigenvalue weighted by molar-refractivity contribution is -0.197. The third-order valence-electron chi connectivity index (χ3n) is 2.96. The van der Waals surface area contributed by atoms with Crippen LogP contribution >= 0.6 is 0 Å². The van der Waals surface area contributed by atoms with Crippen LogP contribution in [0.1, 0.15) is 12.8 Å². The van der Waals surface area contributed by atoms with Crippen LogP contribution in [0.5, 0.6) is 0 Å². The van der Waals surface area contributed by atoms with Crippen LogP contribution in [0.3, 0.4) is 0 Å². The Balaban J connectivity index is 2.06. The smallest absolute Gasteiger partial charge is 0.329 e. The summed E-state index contributed by atoms with van der Waals surface area (Å²) in [6, 6.07) is 0. The van der Waals surface area contributed by atoms with Crippen molar-refractivity contribution >= 4 is 5.91 Å². The maximum atomic E-state index is 12.7. The highest BCUT2D eigenvalue weighted by molar-refractivity contribution is 5.77. The molecule has 1 fully saturated rings. The molecule has 0 aromatic carbocycles. The highest BCUT2D eigenvalue weighted by Crippen LogP contribution is 2.53. The number of hydrogen-bond donors (Lipinski definition) is 0. The standard InChI is InChI=1S/C8H10F3N5O/c1-15(7(2-3-7)8(9,10)11)6(17)4-16-5-12-13-14-16/h5H,2-4H2,1H3. The molecule has 1 aromatic rings. The van der Waals surface area contributed by atoms with Crippen LogP contribution < -0.4 is 0 Å². The van der Waals surface area contributed by atoms with E-state index in [9.17, 15) is 18.0 Å². The summed E-state index contributed by atoms with van der Waals surface area (Å²) in [5.74, 6) is -0.660. The Morgan fingerprint density at radius 1 is 1.53 bits per heavy atom. The molecule has 1 aromatic heterocycles. The van der Waals surface area contributed by atoms with Gasteiger partial charge in [0.25, 0.3) is 0 Å². The van der Waals surface area contributed by atoms with E-state index in [0.717, 1.165) is 16.6 Å². The molecule has 0 aliphatic heterocycles. The number of halogens is 3. The fraction of sp³-hybridized carbons (Fsp3) is 0.750. The largest absolute Gasteiger partial charge is 0.411 e. The van der Waals surface area contributed by atoms with Gasteiger partial charge >= 0.3 is 6.18 Å². The topological polar surface area (TPSA) is 63.9 Å². The molecule has 1 aliphatic carbocycles. The van der Waals surface area contributed by atoms with Crippen LogP contribution in [0.4, 0.5) is 13.2 Å². The van der Waals surface area contributed by atoms with E-state index in [1.54, 1.807) is 0 Å². The van der Waals surface area contributed by atoms with Gasteiger partial charge in [0.15, 0.2) is 0 Å². The van der Waals surface area contributed by atoms with Crippen LogP contribution in [0.2, 0.25) is 0 Å². The minimum atomic E-state index is -4.39. The Bertz CT molecular complexity index is 411. The summed E-state index contributed by atoms with van der Waals surface area (Å²) in [6.45, 7) is -0.290. The van der Waals surface area contributed by atoms with Crippen molar-refractivity contribution < 1.29 is 18.0 Å². The number of rotatable bonds is 3. The molecule has 0 radical (unpaired) electrons. The number of nitrogens with zero attached hydrogens (tertiary/aromatic N) is 5. The number of hydrogen-bond acceptors (Lipinski definition) is 4. The highest BCUT2D eigenvalue weighted by atomic mass is 19.4. The molecule has 0 N–H and O–H groups in total. The minimum absolute atomic E-state index is 0.0473. The number of carbonyl (C=O) groups is 1. The van der Waals surface area contributed by atoms with Crippen LogP contribution in [0, 0.1) is 0 Å². The normalized spacial score (nSPS) is 17.9. The van der Waals surface area contributed by atoms with Gasteiger partial charge in [-0.05, 0) is 23.3 Å². The monoisotopic (exact) mass is 249 g/mol. The first-order valence-corrected chi connectivity index (χ1v) is 4.91. The molecule has 6 nitrogen and oxygen atoms in total. The van der Waals surface area contributed by atoms with Gasteiger partial charge in [0, 0.05) is 7.05 Å². The summed E-state index contributed by atoms with van der Waals surface area (Å²) in [5, 5.41) is 10.0. The maximum absolute atomic E-state index is 12.7. The Labute approximate surface area is 94.4 Å². The van der Waals surface area contributed by atoms with Crippen molar-refractivity contribution in [1.82, 2.24) is 25.1 Å². The van der Waals surface area contributed by atoms with Crippen LogP contribution in [0.15, 0.2) is 6.33 Å². The molecule has 0 unspecified atom stereocenters. The average Bonchev–Trinajstić information content (AvgIpc) is 2.91. The van der Waals surface area contributed by atoms with Crippen molar-refractivity contribution in [3.8, 4) is 0 Å². The van der Waals surface area contributed by atoms with Crippen molar-refractivity contribution in [2.24, 2.45) is 0 Å². The second-order valence-corrected chi connectivity index (χ2v) is 3.99. The molecule has 0 saturated heterocycles. The Hall–Kier alpha value is -1.67. The van der Waals surface area contributed by atoms with E-state index in [4.69, 9.17) is 0 Å². The van der Waals surface area contributed by atoms with E-state index in [1.165, 1.54) is 6.33 Å². The quantitative estimate of drug-likeness (QED) is 0.769. The molecular weight excluding hydrogens is 239 g/mol. The Kier molecular flexibility index (Phi) is 2.55. The van der Waals surface area contributed by atoms with Crippen LogP contribution in [-0.4, -0.2) is 49.8 Å². The van der Waals surface area contributed by atoms with Gasteiger partial charge in [-0.2, -0.15) is 13.2 Å². The van der Waals surface area contributed by atoms with Crippen molar-refractivity contribution in [3.05, 3.63) is 6.33 Å². The Morgan fingerprint density at radius 2 is 2.18 bits per heavy atom. The second kappa shape index (κ2) is 3.67. The highest BCUT2D eigenvalue weighted by Gasteiger charge is 2.67. The average molecular weight is 249 g/mol. The summed E-state index contributed by atoms with van der Waals surface area (Å²) in [7, 11) is 1.16. The SMILES string of the molecule is CN(C(=O)Cn1cnnn1)C1(C(F)(F)F)CC1. The fourth-order valence-corrected chi connectivity index (χ4v) is 1.66. The molecular formula is C8H10F3N5O. The first kappa shape index (κ1) is 11.8. The molecule has 1 aliphatic rings. The second-order valence-electron chi connectivity index (χ2n) is 3.99. The van der Waals surface area contributed by atoms with Gasteiger partial charge in [-0.1, -0.05) is 0 Å². The van der Waals surface area contributed by atoms with E-state index in [1.807, 2.05) is 0 Å². The molecule has 1 heterocycles. The summed E-state index contributed by atoms with van der Waals surface area (Å²) in [5.41, 5.74) is -1.99. The number of amides is 1. The van der Waals surface area contributed by atoms with Gasteiger partial charge in [0.2, 0.25) is 5.91 Å². The summed E-state index contributed by atoms with van der Waals surface area (Å²) in [6.07, 6.45) is -3.31. The zero-order chi connectivity index (χ0) is 12.7. The van der Waals surface area contributed by atoms with E-state index in [-0.39, 0.29) is 19.4 Å². The van der Waals surface area contributed by atoms with Gasteiger partial charge < -0.3 is 4.90 Å². The van der Waals surface area contributed by atoms with Gasteiger partial charge in [-0.15, -0.1) is 5.10 Å². The summed E-state index contributed by atoms with van der Waals surface area (Å²) < 4.78 is 39.3. The predicted molar refractivity (Wildman–Crippen MR) is 48.6 cm³/mol. The molecule has 2 rings (SSSR count). The molecule has 9 heteroatoms. The first-order chi connectivity index (χ1) is 7.87. The zero-order valence-electron chi connectivity index (χ0n) is 8.98. The van der Waals surface area contributed by atoms with Gasteiger partial charge in [-0.3, -0.25) is 4.79 Å². The van der Waals surface area contributed by atoms with Gasteiger partial charge in [-0.25, -0.2) is 4.68 Å². The zero-order valence-corrected chi connectivity index (χ0v) is 8.98. The van der Waals surface area contributed by atoms with E-state index >= 15 is 0 Å². The summed E-state index contributed by atoms with van der Waals surface area (Å²) in [4.78, 5) is 12.4. The van der Waals surface area contributed by atoms with E-state index in [0.29, 0.717) is 0 Å². The molecule has 1 saturated carbocycles. The van der Waals surface area contributed by atoms with Gasteiger partial charge in [0.1, 0.15) is 18.4 Å². The molecule has 0 bridgehead atoms.